The summed E-state index contributed by atoms with van der Waals surface area (Å²) in [6, 6.07) is 2.95. The molecule has 1 aromatic rings. The highest BCUT2D eigenvalue weighted by Crippen LogP contribution is 2.51. The zero-order chi connectivity index (χ0) is 25.9. The average molecular weight is 550 g/mol. The standard InChI is InChI=1S/C25H35Cl3O5Si/c1-14(22(29)30-20-17(27)12-15(26)13-18(20)28)16-10-11-25(7)21(31-24(5,6)33-25)19(16)32-34(8,9)23(2,3)4/h12-13,16,19,21H,1,10-11H2,2-9H3/t16-,19+,21-,25+/m1/s1. The summed E-state index contributed by atoms with van der Waals surface area (Å²) < 4.78 is 25.2. The molecule has 2 fully saturated rings. The molecule has 1 saturated heterocycles. The molecule has 0 spiro atoms. The summed E-state index contributed by atoms with van der Waals surface area (Å²) in [5.74, 6) is -1.62. The highest BCUT2D eigenvalue weighted by Gasteiger charge is 2.60. The Morgan fingerprint density at radius 1 is 1.15 bits per heavy atom. The van der Waals surface area contributed by atoms with Crippen LogP contribution in [-0.2, 0) is 18.7 Å². The molecule has 1 heterocycles. The van der Waals surface area contributed by atoms with Crippen molar-refractivity contribution < 1.29 is 23.4 Å². The minimum absolute atomic E-state index is 0.0351. The first-order valence-corrected chi connectivity index (χ1v) is 15.5. The van der Waals surface area contributed by atoms with Gasteiger partial charge in [-0.05, 0) is 63.9 Å². The zero-order valence-corrected chi connectivity index (χ0v) is 24.5. The number of benzene rings is 1. The predicted octanol–water partition coefficient (Wildman–Crippen LogP) is 7.82. The SMILES string of the molecule is C=C(C(=O)Oc1c(Cl)cc(Cl)cc1Cl)[C@H]1CC[C@]2(C)OC(C)(C)O[C@@H]2[C@H]1O[Si](C)(C)C(C)(C)C. The molecule has 190 valence electrons. The second kappa shape index (κ2) is 9.36. The van der Waals surface area contributed by atoms with Crippen LogP contribution in [0.25, 0.3) is 0 Å². The van der Waals surface area contributed by atoms with Crippen LogP contribution in [0.15, 0.2) is 24.3 Å². The maximum absolute atomic E-state index is 13.2. The Morgan fingerprint density at radius 2 is 1.71 bits per heavy atom. The van der Waals surface area contributed by atoms with Gasteiger partial charge < -0.3 is 18.6 Å². The minimum Gasteiger partial charge on any atom is -0.420 e. The topological polar surface area (TPSA) is 54.0 Å². The van der Waals surface area contributed by atoms with Crippen molar-refractivity contribution in [1.82, 2.24) is 0 Å². The van der Waals surface area contributed by atoms with E-state index in [-0.39, 0.29) is 32.9 Å². The Morgan fingerprint density at radius 3 is 2.24 bits per heavy atom. The van der Waals surface area contributed by atoms with Crippen molar-refractivity contribution in [1.29, 1.82) is 0 Å². The van der Waals surface area contributed by atoms with Crippen LogP contribution in [-0.4, -0.2) is 37.9 Å². The van der Waals surface area contributed by atoms with Crippen molar-refractivity contribution in [2.24, 2.45) is 5.92 Å². The molecular weight excluding hydrogens is 515 g/mol. The summed E-state index contributed by atoms with van der Waals surface area (Å²) in [5.41, 5.74) is -0.235. The van der Waals surface area contributed by atoms with Gasteiger partial charge in [-0.2, -0.15) is 0 Å². The van der Waals surface area contributed by atoms with Gasteiger partial charge in [-0.25, -0.2) is 4.79 Å². The van der Waals surface area contributed by atoms with Crippen LogP contribution in [0.5, 0.6) is 5.75 Å². The molecule has 9 heteroatoms. The first kappa shape index (κ1) is 28.0. The van der Waals surface area contributed by atoms with Crippen molar-refractivity contribution in [2.75, 3.05) is 0 Å². The van der Waals surface area contributed by atoms with E-state index in [1.807, 2.05) is 13.8 Å². The lowest BCUT2D eigenvalue weighted by Gasteiger charge is -2.48. The number of halogens is 3. The van der Waals surface area contributed by atoms with Gasteiger partial charge in [0.15, 0.2) is 19.9 Å². The molecule has 1 saturated carbocycles. The van der Waals surface area contributed by atoms with E-state index >= 15 is 0 Å². The van der Waals surface area contributed by atoms with Crippen LogP contribution < -0.4 is 4.74 Å². The lowest BCUT2D eigenvalue weighted by Crippen LogP contribution is -2.58. The van der Waals surface area contributed by atoms with Crippen LogP contribution in [0.4, 0.5) is 0 Å². The largest absolute Gasteiger partial charge is 0.420 e. The quantitative estimate of drug-likeness (QED) is 0.162. The third-order valence-electron chi connectivity index (χ3n) is 7.24. The van der Waals surface area contributed by atoms with E-state index in [1.165, 1.54) is 12.1 Å². The van der Waals surface area contributed by atoms with E-state index in [0.29, 0.717) is 23.4 Å². The smallest absolute Gasteiger partial charge is 0.339 e. The van der Waals surface area contributed by atoms with Crippen LogP contribution in [0, 0.1) is 5.92 Å². The monoisotopic (exact) mass is 548 g/mol. The van der Waals surface area contributed by atoms with Crippen molar-refractivity contribution in [2.45, 2.75) is 96.1 Å². The highest BCUT2D eigenvalue weighted by molar-refractivity contribution is 6.74. The molecule has 5 nitrogen and oxygen atoms in total. The second-order valence-electron chi connectivity index (χ2n) is 11.5. The summed E-state index contributed by atoms with van der Waals surface area (Å²) in [6.07, 6.45) is 0.555. The number of ether oxygens (including phenoxy) is 3. The van der Waals surface area contributed by atoms with Gasteiger partial charge in [-0.1, -0.05) is 62.2 Å². The van der Waals surface area contributed by atoms with Gasteiger partial charge in [0.2, 0.25) is 0 Å². The Kier molecular flexibility index (Phi) is 7.71. The predicted molar refractivity (Wildman–Crippen MR) is 139 cm³/mol. The van der Waals surface area contributed by atoms with Crippen LogP contribution in [0.3, 0.4) is 0 Å². The summed E-state index contributed by atoms with van der Waals surface area (Å²) in [6.45, 7) is 20.9. The number of fused-ring (bicyclic) bond motifs is 1. The molecule has 0 amide bonds. The number of hydrogen-bond donors (Lipinski definition) is 0. The number of esters is 1. The van der Waals surface area contributed by atoms with Gasteiger partial charge in [-0.3, -0.25) is 0 Å². The molecule has 0 aromatic heterocycles. The first-order chi connectivity index (χ1) is 15.4. The molecule has 3 rings (SSSR count). The number of carbonyl (C=O) groups excluding carboxylic acids is 1. The molecule has 2 aliphatic rings. The van der Waals surface area contributed by atoms with Gasteiger partial charge in [-0.15, -0.1) is 0 Å². The molecule has 0 radical (unpaired) electrons. The maximum atomic E-state index is 13.2. The number of rotatable bonds is 5. The fourth-order valence-electron chi connectivity index (χ4n) is 4.47. The second-order valence-corrected chi connectivity index (χ2v) is 17.5. The fourth-order valence-corrected chi connectivity index (χ4v) is 6.68. The summed E-state index contributed by atoms with van der Waals surface area (Å²) >= 11 is 18.4. The number of hydrogen-bond acceptors (Lipinski definition) is 5. The minimum atomic E-state index is -2.24. The molecular formula is C25H35Cl3O5Si. The van der Waals surface area contributed by atoms with Gasteiger partial charge in [0.25, 0.3) is 0 Å². The average Bonchev–Trinajstić information content (AvgIpc) is 2.92. The molecule has 1 aromatic carbocycles. The van der Waals surface area contributed by atoms with E-state index in [4.69, 9.17) is 53.4 Å². The Balaban J connectivity index is 1.93. The number of carbonyl (C=O) groups is 1. The Hall–Kier alpha value is -0.603. The summed E-state index contributed by atoms with van der Waals surface area (Å²) in [4.78, 5) is 13.2. The van der Waals surface area contributed by atoms with E-state index in [1.54, 1.807) is 0 Å². The van der Waals surface area contributed by atoms with Crippen molar-refractivity contribution in [3.05, 3.63) is 39.4 Å². The zero-order valence-electron chi connectivity index (χ0n) is 21.2. The van der Waals surface area contributed by atoms with Gasteiger partial charge in [0, 0.05) is 16.5 Å². The Bertz CT molecular complexity index is 964. The third kappa shape index (κ3) is 5.53. The molecule has 0 unspecified atom stereocenters. The van der Waals surface area contributed by atoms with Crippen LogP contribution >= 0.6 is 34.8 Å². The van der Waals surface area contributed by atoms with Gasteiger partial charge in [0.05, 0.1) is 21.8 Å². The highest BCUT2D eigenvalue weighted by atomic mass is 35.5. The Labute approximate surface area is 219 Å². The van der Waals surface area contributed by atoms with Crippen LogP contribution in [0.2, 0.25) is 33.2 Å². The van der Waals surface area contributed by atoms with E-state index in [2.05, 4.69) is 47.4 Å². The summed E-state index contributed by atoms with van der Waals surface area (Å²) in [5, 5.41) is 0.618. The molecule has 0 N–H and O–H groups in total. The van der Waals surface area contributed by atoms with Gasteiger partial charge in [0.1, 0.15) is 6.10 Å². The van der Waals surface area contributed by atoms with Gasteiger partial charge >= 0.3 is 5.97 Å². The lowest BCUT2D eigenvalue weighted by molar-refractivity contribution is -0.162. The molecule has 0 bridgehead atoms. The molecule has 4 atom stereocenters. The molecule has 1 aliphatic heterocycles. The van der Waals surface area contributed by atoms with Crippen molar-refractivity contribution in [3.8, 4) is 5.75 Å². The van der Waals surface area contributed by atoms with E-state index < -0.39 is 31.8 Å². The van der Waals surface area contributed by atoms with Crippen molar-refractivity contribution in [3.63, 3.8) is 0 Å². The third-order valence-corrected chi connectivity index (χ3v) is 12.5. The summed E-state index contributed by atoms with van der Waals surface area (Å²) in [7, 11) is -2.24. The fraction of sp³-hybridized carbons (Fsp3) is 0.640. The lowest BCUT2D eigenvalue weighted by atomic mass is 9.73. The normalized spacial score (nSPS) is 29.0. The van der Waals surface area contributed by atoms with Crippen molar-refractivity contribution >= 4 is 49.1 Å². The molecule has 1 aliphatic carbocycles. The van der Waals surface area contributed by atoms with E-state index in [0.717, 1.165) is 0 Å². The first-order valence-electron chi connectivity index (χ1n) is 11.5. The maximum Gasteiger partial charge on any atom is 0.339 e. The van der Waals surface area contributed by atoms with Crippen LogP contribution in [0.1, 0.15) is 54.4 Å². The van der Waals surface area contributed by atoms with E-state index in [9.17, 15) is 4.79 Å². The molecule has 34 heavy (non-hydrogen) atoms.